The van der Waals surface area contributed by atoms with Crippen molar-refractivity contribution < 1.29 is 8.42 Å². The third-order valence-corrected chi connectivity index (χ3v) is 10.3. The summed E-state index contributed by atoms with van der Waals surface area (Å²) in [5, 5.41) is 0. The highest BCUT2D eigenvalue weighted by atomic mass is 32.2. The minimum absolute atomic E-state index is 0.179. The Morgan fingerprint density at radius 1 is 0.931 bits per heavy atom. The molecule has 6 atom stereocenters. The van der Waals surface area contributed by atoms with Gasteiger partial charge in [0.25, 0.3) is 0 Å². The van der Waals surface area contributed by atoms with Crippen LogP contribution < -0.4 is 0 Å². The number of rotatable bonds is 4. The zero-order chi connectivity index (χ0) is 19.8. The molecule has 4 heteroatoms. The molecule has 1 heterocycles. The maximum absolute atomic E-state index is 13.4. The molecule has 29 heavy (non-hydrogen) atoms. The van der Waals surface area contributed by atoms with E-state index in [9.17, 15) is 8.42 Å². The second-order valence-corrected chi connectivity index (χ2v) is 11.8. The molecule has 1 unspecified atom stereocenters. The predicted molar refractivity (Wildman–Crippen MR) is 114 cm³/mol. The van der Waals surface area contributed by atoms with Crippen molar-refractivity contribution in [3.05, 3.63) is 65.7 Å². The van der Waals surface area contributed by atoms with E-state index in [-0.39, 0.29) is 5.41 Å². The number of sulfonamides is 1. The summed E-state index contributed by atoms with van der Waals surface area (Å²) in [6, 6.07) is 18.2. The van der Waals surface area contributed by atoms with Gasteiger partial charge in [0.05, 0.1) is 4.90 Å². The van der Waals surface area contributed by atoms with Gasteiger partial charge in [-0.1, -0.05) is 60.9 Å². The van der Waals surface area contributed by atoms with Crippen LogP contribution in [0.15, 0.2) is 59.5 Å². The van der Waals surface area contributed by atoms with Crippen LogP contribution >= 0.6 is 0 Å². The highest BCUT2D eigenvalue weighted by Gasteiger charge is 2.79. The molecule has 3 saturated carbocycles. The number of benzene rings is 2. The molecule has 2 aromatic carbocycles. The van der Waals surface area contributed by atoms with Gasteiger partial charge in [0.2, 0.25) is 10.0 Å². The van der Waals surface area contributed by atoms with Crippen LogP contribution in [0.2, 0.25) is 0 Å². The lowest BCUT2D eigenvalue weighted by Crippen LogP contribution is -2.34. The van der Waals surface area contributed by atoms with Gasteiger partial charge in [-0.25, -0.2) is 8.42 Å². The van der Waals surface area contributed by atoms with Gasteiger partial charge in [0.15, 0.2) is 0 Å². The molecule has 0 N–H and O–H groups in total. The highest BCUT2D eigenvalue weighted by Crippen LogP contribution is 2.81. The Morgan fingerprint density at radius 3 is 2.24 bits per heavy atom. The fourth-order valence-electron chi connectivity index (χ4n) is 7.22. The smallest absolute Gasteiger partial charge is 0.207 e. The Hall–Kier alpha value is -1.65. The van der Waals surface area contributed by atoms with Gasteiger partial charge in [0.1, 0.15) is 0 Å². The zero-order valence-corrected chi connectivity index (χ0v) is 17.8. The van der Waals surface area contributed by atoms with Crippen LogP contribution in [0.5, 0.6) is 0 Å². The van der Waals surface area contributed by atoms with Gasteiger partial charge >= 0.3 is 0 Å². The van der Waals surface area contributed by atoms with Gasteiger partial charge in [0, 0.05) is 13.1 Å². The molecule has 3 aliphatic carbocycles. The first kappa shape index (κ1) is 18.1. The fraction of sp³-hybridized carbons (Fsp3) is 0.520. The molecular formula is C25H29NO2S. The van der Waals surface area contributed by atoms with Crippen LogP contribution in [-0.4, -0.2) is 25.8 Å². The summed E-state index contributed by atoms with van der Waals surface area (Å²) in [7, 11) is -3.41. The van der Waals surface area contributed by atoms with E-state index in [0.29, 0.717) is 29.8 Å². The third kappa shape index (κ3) is 2.55. The Labute approximate surface area is 174 Å². The Morgan fingerprint density at radius 2 is 1.59 bits per heavy atom. The Balaban J connectivity index is 1.33. The van der Waals surface area contributed by atoms with Crippen LogP contribution in [0.4, 0.5) is 0 Å². The summed E-state index contributed by atoms with van der Waals surface area (Å²) < 4.78 is 28.6. The van der Waals surface area contributed by atoms with Crippen molar-refractivity contribution in [1.82, 2.24) is 4.31 Å². The van der Waals surface area contributed by atoms with Crippen molar-refractivity contribution in [2.24, 2.45) is 29.1 Å². The highest BCUT2D eigenvalue weighted by molar-refractivity contribution is 7.89. The molecule has 152 valence electrons. The lowest BCUT2D eigenvalue weighted by atomic mass is 9.91. The minimum atomic E-state index is -3.41. The molecule has 1 saturated heterocycles. The summed E-state index contributed by atoms with van der Waals surface area (Å²) >= 11 is 0. The Bertz CT molecular complexity index is 1020. The van der Waals surface area contributed by atoms with E-state index in [1.807, 2.05) is 23.4 Å². The van der Waals surface area contributed by atoms with E-state index in [2.05, 4.69) is 30.3 Å². The lowest BCUT2D eigenvalue weighted by Gasteiger charge is -2.24. The van der Waals surface area contributed by atoms with Crippen molar-refractivity contribution in [2.75, 3.05) is 13.1 Å². The molecule has 3 nitrogen and oxygen atoms in total. The number of hydrogen-bond donors (Lipinski definition) is 0. The van der Waals surface area contributed by atoms with Crippen LogP contribution in [0.1, 0.15) is 42.7 Å². The lowest BCUT2D eigenvalue weighted by molar-refractivity contribution is 0.335. The first-order valence-corrected chi connectivity index (χ1v) is 12.6. The summed E-state index contributed by atoms with van der Waals surface area (Å²) in [6.07, 6.45) is 5.44. The molecule has 0 amide bonds. The number of nitrogens with zero attached hydrogens (tertiary/aromatic N) is 1. The second kappa shape index (κ2) is 6.18. The number of piperidine rings is 1. The van der Waals surface area contributed by atoms with E-state index in [4.69, 9.17) is 0 Å². The number of fused-ring (bicyclic) bond motifs is 2. The first-order chi connectivity index (χ1) is 14.0. The molecule has 4 aliphatic rings. The SMILES string of the molecule is Cc1ccc(S(=O)(=O)N2C[C@@H]3[C@@H](c4ccccc4)[C@]3(C3[C@H]4CCCC[C@@H]34)C2)cc1. The summed E-state index contributed by atoms with van der Waals surface area (Å²) in [5.41, 5.74) is 2.70. The van der Waals surface area contributed by atoms with Crippen LogP contribution in [0.25, 0.3) is 0 Å². The molecule has 1 aliphatic heterocycles. The van der Waals surface area contributed by atoms with Crippen LogP contribution in [0.3, 0.4) is 0 Å². The van der Waals surface area contributed by atoms with Gasteiger partial charge in [-0.15, -0.1) is 0 Å². The molecule has 4 fully saturated rings. The molecule has 0 radical (unpaired) electrons. The van der Waals surface area contributed by atoms with Crippen molar-refractivity contribution >= 4 is 10.0 Å². The third-order valence-electron chi connectivity index (χ3n) is 8.51. The van der Waals surface area contributed by atoms with Gasteiger partial charge in [-0.05, 0) is 72.5 Å². The average Bonchev–Trinajstić information content (AvgIpc) is 3.58. The largest absolute Gasteiger partial charge is 0.243 e. The topological polar surface area (TPSA) is 37.4 Å². The second-order valence-electron chi connectivity index (χ2n) is 9.86. The molecular weight excluding hydrogens is 378 g/mol. The summed E-state index contributed by atoms with van der Waals surface area (Å²) in [5.74, 6) is 3.46. The van der Waals surface area contributed by atoms with E-state index in [0.717, 1.165) is 23.3 Å². The predicted octanol–water partition coefficient (Wildman–Crippen LogP) is 4.84. The zero-order valence-electron chi connectivity index (χ0n) is 17.0. The maximum Gasteiger partial charge on any atom is 0.243 e. The van der Waals surface area contributed by atoms with Gasteiger partial charge in [-0.2, -0.15) is 4.31 Å². The summed E-state index contributed by atoms with van der Waals surface area (Å²) in [6.45, 7) is 3.40. The van der Waals surface area contributed by atoms with Crippen molar-refractivity contribution in [1.29, 1.82) is 0 Å². The molecule has 2 aromatic rings. The monoisotopic (exact) mass is 407 g/mol. The van der Waals surface area contributed by atoms with E-state index in [1.54, 1.807) is 12.1 Å². The number of hydrogen-bond acceptors (Lipinski definition) is 2. The minimum Gasteiger partial charge on any atom is -0.207 e. The standard InChI is InChI=1S/C25H29NO2S/c1-17-11-13-19(14-12-17)29(27,28)26-15-22-23(18-7-3-2-4-8-18)25(22,16-26)24-20-9-5-6-10-21(20)24/h2-4,7-8,11-14,20-24H,5-6,9-10,15-16H2,1H3/t20-,21+,22-,23-,24?,25+/m1/s1. The molecule has 0 spiro atoms. The van der Waals surface area contributed by atoms with E-state index >= 15 is 0 Å². The maximum atomic E-state index is 13.4. The molecule has 6 rings (SSSR count). The average molecular weight is 408 g/mol. The van der Waals surface area contributed by atoms with E-state index in [1.165, 1.54) is 31.2 Å². The van der Waals surface area contributed by atoms with Crippen molar-refractivity contribution in [3.63, 3.8) is 0 Å². The normalized spacial score (nSPS) is 38.3. The molecule has 0 bridgehead atoms. The Kier molecular flexibility index (Phi) is 3.87. The summed E-state index contributed by atoms with van der Waals surface area (Å²) in [4.78, 5) is 0.448. The number of aryl methyl sites for hydroxylation is 1. The fourth-order valence-corrected chi connectivity index (χ4v) is 8.74. The van der Waals surface area contributed by atoms with Crippen LogP contribution in [-0.2, 0) is 10.0 Å². The van der Waals surface area contributed by atoms with Crippen molar-refractivity contribution in [2.45, 2.75) is 43.4 Å². The quantitative estimate of drug-likeness (QED) is 0.728. The van der Waals surface area contributed by atoms with Crippen LogP contribution in [0, 0.1) is 36.0 Å². The van der Waals surface area contributed by atoms with Gasteiger partial charge in [-0.3, -0.25) is 0 Å². The van der Waals surface area contributed by atoms with Gasteiger partial charge < -0.3 is 0 Å². The van der Waals surface area contributed by atoms with Crippen molar-refractivity contribution in [3.8, 4) is 0 Å². The first-order valence-electron chi connectivity index (χ1n) is 11.2. The van der Waals surface area contributed by atoms with E-state index < -0.39 is 10.0 Å². The molecule has 0 aromatic heterocycles.